The molecule has 0 bridgehead atoms. The zero-order valence-corrected chi connectivity index (χ0v) is 9.46. The first-order chi connectivity index (χ1) is 5.83. The number of benzene rings is 1. The Balaban J connectivity index is 0.000000845. The van der Waals surface area contributed by atoms with Crippen molar-refractivity contribution in [2.45, 2.75) is 5.88 Å². The minimum Gasteiger partial charge on any atom is -1.00 e. The normalized spacial score (nSPS) is 10.0. The molecule has 2 aromatic rings. The molecule has 1 aromatic heterocycles. The highest BCUT2D eigenvalue weighted by Gasteiger charge is 2.13. The molecule has 0 aliphatic heterocycles. The lowest BCUT2D eigenvalue weighted by Crippen LogP contribution is -3.00. The molecule has 13 heavy (non-hydrogen) atoms. The number of aromatic nitrogens is 1. The third kappa shape index (κ3) is 1.80. The largest absolute Gasteiger partial charge is 1.00 e. The molecule has 0 radical (unpaired) electrons. The first kappa shape index (κ1) is 10.8. The number of fused-ring (bicyclic) bond motifs is 1. The lowest BCUT2D eigenvalue weighted by atomic mass is 10.3. The van der Waals surface area contributed by atoms with Gasteiger partial charge in [0, 0.05) is 6.07 Å². The zero-order valence-electron chi connectivity index (χ0n) is 7.13. The highest BCUT2D eigenvalue weighted by Crippen LogP contribution is 2.20. The molecule has 1 aromatic carbocycles. The summed E-state index contributed by atoms with van der Waals surface area (Å²) >= 11 is 7.55. The molecule has 1 heterocycles. The maximum absolute atomic E-state index is 5.79. The van der Waals surface area contributed by atoms with E-state index in [9.17, 15) is 0 Å². The maximum Gasteiger partial charge on any atom is 0.253 e. The van der Waals surface area contributed by atoms with Crippen LogP contribution in [0.4, 0.5) is 0 Å². The van der Waals surface area contributed by atoms with Crippen LogP contribution in [0.1, 0.15) is 5.01 Å². The van der Waals surface area contributed by atoms with Crippen molar-refractivity contribution < 1.29 is 17.0 Å². The van der Waals surface area contributed by atoms with Gasteiger partial charge in [-0.05, 0) is 6.07 Å². The van der Waals surface area contributed by atoms with Gasteiger partial charge in [-0.25, -0.2) is 0 Å². The van der Waals surface area contributed by atoms with Crippen LogP contribution in [-0.4, -0.2) is 0 Å². The number of rotatable bonds is 1. The van der Waals surface area contributed by atoms with Gasteiger partial charge in [-0.2, -0.15) is 4.57 Å². The van der Waals surface area contributed by atoms with E-state index in [-0.39, 0.29) is 12.4 Å². The van der Waals surface area contributed by atoms with E-state index in [1.807, 2.05) is 6.07 Å². The standard InChI is InChI=1S/C9H9ClNS.ClH/c1-11-7-4-2-3-5-8(7)12-9(11)6-10;/h2-5H,6H2,1H3;1H/q+1;/p-1. The predicted octanol–water partition coefficient (Wildman–Crippen LogP) is -0.531. The van der Waals surface area contributed by atoms with Gasteiger partial charge in [-0.1, -0.05) is 23.5 Å². The fourth-order valence-electron chi connectivity index (χ4n) is 1.27. The molecular formula is C9H9Cl2NS. The number of hydrogen-bond acceptors (Lipinski definition) is 1. The fourth-order valence-corrected chi connectivity index (χ4v) is 2.61. The molecule has 0 unspecified atom stereocenters. The Morgan fingerprint density at radius 3 is 2.69 bits per heavy atom. The molecule has 70 valence electrons. The molecule has 0 amide bonds. The average molecular weight is 234 g/mol. The van der Waals surface area contributed by atoms with Crippen molar-refractivity contribution in [3.05, 3.63) is 29.3 Å². The molecule has 0 aliphatic rings. The molecule has 0 saturated heterocycles. The number of halogens is 2. The molecule has 0 N–H and O–H groups in total. The van der Waals surface area contributed by atoms with Gasteiger partial charge in [0.25, 0.3) is 5.01 Å². The van der Waals surface area contributed by atoms with E-state index >= 15 is 0 Å². The number of alkyl halides is 1. The van der Waals surface area contributed by atoms with Gasteiger partial charge in [-0.15, -0.1) is 11.6 Å². The summed E-state index contributed by atoms with van der Waals surface area (Å²) in [6, 6.07) is 8.34. The molecule has 0 fully saturated rings. The summed E-state index contributed by atoms with van der Waals surface area (Å²) in [6.07, 6.45) is 0. The van der Waals surface area contributed by atoms with Crippen molar-refractivity contribution in [2.24, 2.45) is 7.05 Å². The number of thiazole rings is 1. The summed E-state index contributed by atoms with van der Waals surface area (Å²) < 4.78 is 3.45. The molecule has 0 aliphatic carbocycles. The van der Waals surface area contributed by atoms with Crippen LogP contribution in [0.2, 0.25) is 0 Å². The molecule has 2 rings (SSSR count). The van der Waals surface area contributed by atoms with Gasteiger partial charge in [0.1, 0.15) is 17.6 Å². The molecule has 0 atom stereocenters. The SMILES string of the molecule is C[n+]1c(CCl)sc2ccccc21.[Cl-]. The van der Waals surface area contributed by atoms with Crippen molar-refractivity contribution in [3.8, 4) is 0 Å². The van der Waals surface area contributed by atoms with E-state index in [4.69, 9.17) is 11.6 Å². The highest BCUT2D eigenvalue weighted by molar-refractivity contribution is 7.18. The second-order valence-corrected chi connectivity index (χ2v) is 4.04. The number of aryl methyl sites for hydroxylation is 1. The van der Waals surface area contributed by atoms with Gasteiger partial charge in [0.05, 0.1) is 0 Å². The van der Waals surface area contributed by atoms with E-state index < -0.39 is 0 Å². The summed E-state index contributed by atoms with van der Waals surface area (Å²) in [4.78, 5) is 0. The van der Waals surface area contributed by atoms with Gasteiger partial charge >= 0.3 is 0 Å². The second-order valence-electron chi connectivity index (χ2n) is 2.66. The molecule has 0 saturated carbocycles. The Labute approximate surface area is 92.4 Å². The van der Waals surface area contributed by atoms with Crippen LogP contribution in [0.5, 0.6) is 0 Å². The summed E-state index contributed by atoms with van der Waals surface area (Å²) in [7, 11) is 2.05. The summed E-state index contributed by atoms with van der Waals surface area (Å²) in [6.45, 7) is 0. The van der Waals surface area contributed by atoms with Gasteiger partial charge in [-0.3, -0.25) is 0 Å². The number of para-hydroxylation sites is 1. The zero-order chi connectivity index (χ0) is 8.55. The van der Waals surface area contributed by atoms with E-state index in [0.717, 1.165) is 0 Å². The predicted molar refractivity (Wildman–Crippen MR) is 52.6 cm³/mol. The monoisotopic (exact) mass is 233 g/mol. The smallest absolute Gasteiger partial charge is 0.253 e. The van der Waals surface area contributed by atoms with Crippen LogP contribution >= 0.6 is 22.9 Å². The van der Waals surface area contributed by atoms with Crippen LogP contribution in [0.25, 0.3) is 10.2 Å². The van der Waals surface area contributed by atoms with Crippen LogP contribution in [0, 0.1) is 0 Å². The van der Waals surface area contributed by atoms with Gasteiger partial charge in [0.2, 0.25) is 5.52 Å². The molecule has 4 heteroatoms. The van der Waals surface area contributed by atoms with Crippen molar-refractivity contribution in [2.75, 3.05) is 0 Å². The molecule has 0 spiro atoms. The summed E-state index contributed by atoms with van der Waals surface area (Å²) in [5.74, 6) is 0.593. The van der Waals surface area contributed by atoms with Crippen LogP contribution in [0.15, 0.2) is 24.3 Å². The van der Waals surface area contributed by atoms with Crippen molar-refractivity contribution in [1.82, 2.24) is 0 Å². The lowest BCUT2D eigenvalue weighted by Gasteiger charge is -1.84. The maximum atomic E-state index is 5.79. The van der Waals surface area contributed by atoms with Gasteiger partial charge < -0.3 is 12.4 Å². The third-order valence-electron chi connectivity index (χ3n) is 1.94. The van der Waals surface area contributed by atoms with Crippen LogP contribution in [0.3, 0.4) is 0 Å². The minimum atomic E-state index is 0. The van der Waals surface area contributed by atoms with Crippen molar-refractivity contribution in [3.63, 3.8) is 0 Å². The van der Waals surface area contributed by atoms with E-state index in [1.165, 1.54) is 15.2 Å². The van der Waals surface area contributed by atoms with Crippen LogP contribution in [-0.2, 0) is 12.9 Å². The van der Waals surface area contributed by atoms with E-state index in [1.54, 1.807) is 11.3 Å². The van der Waals surface area contributed by atoms with Crippen molar-refractivity contribution >= 4 is 33.2 Å². The van der Waals surface area contributed by atoms with E-state index in [0.29, 0.717) is 5.88 Å². The Hall–Kier alpha value is -0.310. The highest BCUT2D eigenvalue weighted by atomic mass is 35.5. The van der Waals surface area contributed by atoms with Crippen molar-refractivity contribution in [1.29, 1.82) is 0 Å². The first-order valence-corrected chi connectivity index (χ1v) is 5.10. The Kier molecular flexibility index (Phi) is 3.54. The first-order valence-electron chi connectivity index (χ1n) is 3.75. The Morgan fingerprint density at radius 1 is 1.38 bits per heavy atom. The van der Waals surface area contributed by atoms with Crippen LogP contribution < -0.4 is 17.0 Å². The lowest BCUT2D eigenvalue weighted by molar-refractivity contribution is -0.647. The topological polar surface area (TPSA) is 3.88 Å². The quantitative estimate of drug-likeness (QED) is 0.461. The number of nitrogens with zero attached hydrogens (tertiary/aromatic N) is 1. The van der Waals surface area contributed by atoms with E-state index in [2.05, 4.69) is 29.8 Å². The molecular weight excluding hydrogens is 225 g/mol. The second kappa shape index (κ2) is 4.27. The average Bonchev–Trinajstić information content (AvgIpc) is 2.44. The summed E-state index contributed by atoms with van der Waals surface area (Å²) in [5, 5.41) is 1.21. The Morgan fingerprint density at radius 2 is 2.08 bits per heavy atom. The minimum absolute atomic E-state index is 0. The fraction of sp³-hybridized carbons (Fsp3) is 0.222. The molecule has 1 nitrogen and oxygen atoms in total. The third-order valence-corrected chi connectivity index (χ3v) is 3.57. The Bertz CT molecular complexity index is 411. The summed E-state index contributed by atoms with van der Waals surface area (Å²) in [5.41, 5.74) is 1.26. The number of hydrogen-bond donors (Lipinski definition) is 0. The van der Waals surface area contributed by atoms with Gasteiger partial charge in [0.15, 0.2) is 0 Å².